The minimum absolute atomic E-state index is 0.156. The number of guanidine groups is 2. The molecule has 1 aromatic heterocycles. The van der Waals surface area contributed by atoms with Crippen LogP contribution < -0.4 is 16.4 Å². The van der Waals surface area contributed by atoms with Crippen LogP contribution in [0.25, 0.3) is 10.2 Å². The Balaban J connectivity index is 2.16. The molecule has 0 aliphatic rings. The van der Waals surface area contributed by atoms with E-state index in [0.29, 0.717) is 11.1 Å². The lowest BCUT2D eigenvalue weighted by atomic mass is 10.3. The van der Waals surface area contributed by atoms with E-state index in [0.717, 1.165) is 10.2 Å². The summed E-state index contributed by atoms with van der Waals surface area (Å²) in [7, 11) is 0. The largest absolute Gasteiger partial charge is 0.369 e. The normalized spacial score (nSPS) is 13.2. The summed E-state index contributed by atoms with van der Waals surface area (Å²) in [6.45, 7) is 8.09. The molecule has 0 aliphatic heterocycles. The van der Waals surface area contributed by atoms with E-state index in [9.17, 15) is 0 Å². The highest BCUT2D eigenvalue weighted by Gasteiger charge is 2.06. The van der Waals surface area contributed by atoms with Crippen molar-refractivity contribution in [1.29, 1.82) is 0 Å². The van der Waals surface area contributed by atoms with E-state index in [1.165, 1.54) is 11.3 Å². The summed E-state index contributed by atoms with van der Waals surface area (Å²) in [6, 6.07) is 8.32. The zero-order chi connectivity index (χ0) is 16.1. The smallest absolute Gasteiger partial charge is 0.213 e. The summed E-state index contributed by atoms with van der Waals surface area (Å²) in [5.74, 6) is 0.888. The number of benzene rings is 1. The number of hydrogen-bond acceptors (Lipinski definition) is 4. The fourth-order valence-corrected chi connectivity index (χ4v) is 2.65. The molecule has 118 valence electrons. The molecule has 0 saturated carbocycles. The minimum atomic E-state index is 0.156. The molecule has 0 unspecified atom stereocenters. The molecule has 0 saturated heterocycles. The van der Waals surface area contributed by atoms with E-state index in [1.54, 1.807) is 0 Å². The number of thiazole rings is 1. The Labute approximate surface area is 134 Å². The van der Waals surface area contributed by atoms with Gasteiger partial charge in [0.1, 0.15) is 0 Å². The van der Waals surface area contributed by atoms with Gasteiger partial charge in [-0.05, 0) is 39.8 Å². The second-order valence-corrected chi connectivity index (χ2v) is 6.47. The van der Waals surface area contributed by atoms with E-state index < -0.39 is 0 Å². The van der Waals surface area contributed by atoms with Crippen LogP contribution in [0.1, 0.15) is 27.7 Å². The molecule has 0 radical (unpaired) electrons. The van der Waals surface area contributed by atoms with Gasteiger partial charge in [0.25, 0.3) is 0 Å². The van der Waals surface area contributed by atoms with Crippen molar-refractivity contribution in [3.63, 3.8) is 0 Å². The fraction of sp³-hybridized carbons (Fsp3) is 0.400. The number of aromatic nitrogens is 1. The fourth-order valence-electron chi connectivity index (χ4n) is 1.80. The first kappa shape index (κ1) is 16.2. The lowest BCUT2D eigenvalue weighted by molar-refractivity contribution is 0.705. The van der Waals surface area contributed by atoms with Gasteiger partial charge < -0.3 is 11.1 Å². The molecule has 0 amide bonds. The number of para-hydroxylation sites is 1. The van der Waals surface area contributed by atoms with Crippen LogP contribution >= 0.6 is 11.3 Å². The minimum Gasteiger partial charge on any atom is -0.369 e. The number of nitrogens with zero attached hydrogens (tertiary/aromatic N) is 3. The standard InChI is InChI=1S/C15H22N6S/c1-9(2)17-14(18-10(3)4)20-13(16)21-15-19-11-7-5-6-8-12(11)22-15/h5-10H,1-4H3,(H4,16,17,18,19,20,21). The van der Waals surface area contributed by atoms with Gasteiger partial charge in [-0.15, -0.1) is 0 Å². The molecule has 0 fully saturated rings. The van der Waals surface area contributed by atoms with E-state index in [1.807, 2.05) is 52.0 Å². The average Bonchev–Trinajstić information content (AvgIpc) is 2.78. The number of nitrogens with two attached hydrogens (primary N) is 1. The van der Waals surface area contributed by atoms with Gasteiger partial charge in [-0.1, -0.05) is 23.5 Å². The predicted octanol–water partition coefficient (Wildman–Crippen LogP) is 2.59. The maximum Gasteiger partial charge on any atom is 0.213 e. The van der Waals surface area contributed by atoms with Crippen LogP contribution in [0, 0.1) is 0 Å². The highest BCUT2D eigenvalue weighted by molar-refractivity contribution is 7.22. The maximum atomic E-state index is 5.96. The van der Waals surface area contributed by atoms with E-state index >= 15 is 0 Å². The van der Waals surface area contributed by atoms with Crippen LogP contribution in [-0.4, -0.2) is 29.0 Å². The van der Waals surface area contributed by atoms with Crippen molar-refractivity contribution in [2.45, 2.75) is 39.8 Å². The van der Waals surface area contributed by atoms with Gasteiger partial charge in [-0.3, -0.25) is 10.3 Å². The number of rotatable bonds is 3. The molecule has 0 bridgehead atoms. The molecule has 6 nitrogen and oxygen atoms in total. The average molecular weight is 318 g/mol. The van der Waals surface area contributed by atoms with Crippen molar-refractivity contribution in [1.82, 2.24) is 15.6 Å². The number of nitrogens with one attached hydrogen (secondary N) is 2. The Morgan fingerprint density at radius 2 is 1.95 bits per heavy atom. The first-order valence-electron chi connectivity index (χ1n) is 7.25. The number of fused-ring (bicyclic) bond motifs is 1. The molecule has 1 heterocycles. The summed E-state index contributed by atoms with van der Waals surface area (Å²) in [5, 5.41) is 6.85. The van der Waals surface area contributed by atoms with Crippen LogP contribution in [0.4, 0.5) is 5.13 Å². The number of aliphatic imine (C=N–C) groups is 2. The summed E-state index contributed by atoms with van der Waals surface area (Å²) in [6.07, 6.45) is 0. The third-order valence-electron chi connectivity index (χ3n) is 2.56. The quantitative estimate of drug-likeness (QED) is 0.599. The van der Waals surface area contributed by atoms with Crippen molar-refractivity contribution in [3.8, 4) is 0 Å². The molecule has 22 heavy (non-hydrogen) atoms. The van der Waals surface area contributed by atoms with Gasteiger partial charge in [0, 0.05) is 12.1 Å². The summed E-state index contributed by atoms with van der Waals surface area (Å²) in [4.78, 5) is 13.2. The highest BCUT2D eigenvalue weighted by atomic mass is 32.1. The first-order chi connectivity index (χ1) is 10.4. The van der Waals surface area contributed by atoms with E-state index in [4.69, 9.17) is 5.73 Å². The summed E-state index contributed by atoms with van der Waals surface area (Å²) in [5.41, 5.74) is 6.89. The molecule has 0 spiro atoms. The molecule has 7 heteroatoms. The molecule has 1 aromatic carbocycles. The Hall–Kier alpha value is -2.15. The Morgan fingerprint density at radius 3 is 2.59 bits per heavy atom. The predicted molar refractivity (Wildman–Crippen MR) is 94.9 cm³/mol. The zero-order valence-electron chi connectivity index (χ0n) is 13.3. The monoisotopic (exact) mass is 318 g/mol. The maximum absolute atomic E-state index is 5.96. The molecule has 2 aromatic rings. The van der Waals surface area contributed by atoms with Crippen molar-refractivity contribution < 1.29 is 0 Å². The second kappa shape index (κ2) is 7.22. The highest BCUT2D eigenvalue weighted by Crippen LogP contribution is 2.27. The van der Waals surface area contributed by atoms with Crippen LogP contribution in [0.15, 0.2) is 34.3 Å². The summed E-state index contributed by atoms with van der Waals surface area (Å²) < 4.78 is 1.09. The SMILES string of the molecule is CC(C)N=C(N/C(N)=N/c1nc2ccccc2s1)NC(C)C. The van der Waals surface area contributed by atoms with Gasteiger partial charge in [0.05, 0.1) is 10.2 Å². The molecule has 4 N–H and O–H groups in total. The third kappa shape index (κ3) is 4.70. The van der Waals surface area contributed by atoms with Crippen molar-refractivity contribution in [2.75, 3.05) is 0 Å². The van der Waals surface area contributed by atoms with E-state index in [2.05, 4.69) is 25.6 Å². The Kier molecular flexibility index (Phi) is 5.32. The lowest BCUT2D eigenvalue weighted by Crippen LogP contribution is -2.47. The van der Waals surface area contributed by atoms with E-state index in [-0.39, 0.29) is 18.0 Å². The Bertz CT molecular complexity index is 653. The van der Waals surface area contributed by atoms with Crippen molar-refractivity contribution in [2.24, 2.45) is 15.7 Å². The van der Waals surface area contributed by atoms with Gasteiger partial charge in [0.15, 0.2) is 5.96 Å². The summed E-state index contributed by atoms with van der Waals surface area (Å²) >= 11 is 1.50. The first-order valence-corrected chi connectivity index (χ1v) is 8.07. The second-order valence-electron chi connectivity index (χ2n) is 5.46. The molecule has 0 aliphatic carbocycles. The molecule has 0 atom stereocenters. The van der Waals surface area contributed by atoms with Gasteiger partial charge in [0.2, 0.25) is 11.1 Å². The van der Waals surface area contributed by atoms with Gasteiger partial charge >= 0.3 is 0 Å². The van der Waals surface area contributed by atoms with Crippen LogP contribution in [-0.2, 0) is 0 Å². The zero-order valence-corrected chi connectivity index (χ0v) is 14.1. The van der Waals surface area contributed by atoms with Crippen LogP contribution in [0.3, 0.4) is 0 Å². The third-order valence-corrected chi connectivity index (χ3v) is 3.49. The van der Waals surface area contributed by atoms with Crippen LogP contribution in [0.5, 0.6) is 0 Å². The van der Waals surface area contributed by atoms with Gasteiger partial charge in [-0.2, -0.15) is 4.99 Å². The van der Waals surface area contributed by atoms with Crippen LogP contribution in [0.2, 0.25) is 0 Å². The molecular formula is C15H22N6S. The molecule has 2 rings (SSSR count). The Morgan fingerprint density at radius 1 is 1.23 bits per heavy atom. The van der Waals surface area contributed by atoms with Gasteiger partial charge in [-0.25, -0.2) is 4.98 Å². The van der Waals surface area contributed by atoms with Crippen molar-refractivity contribution in [3.05, 3.63) is 24.3 Å². The van der Waals surface area contributed by atoms with Crippen molar-refractivity contribution >= 4 is 38.6 Å². The lowest BCUT2D eigenvalue weighted by Gasteiger charge is -2.15. The number of hydrogen-bond donors (Lipinski definition) is 3. The topological polar surface area (TPSA) is 87.7 Å². The molecular weight excluding hydrogens is 296 g/mol.